The summed E-state index contributed by atoms with van der Waals surface area (Å²) >= 11 is 0. The van der Waals surface area contributed by atoms with E-state index in [2.05, 4.69) is 22.3 Å². The molecule has 1 N–H and O–H groups in total. The number of ether oxygens (including phenoxy) is 1. The molecule has 198 valence electrons. The first kappa shape index (κ1) is 25.9. The minimum atomic E-state index is -0.504. The number of hydrogen-bond donors (Lipinski definition) is 1. The molecule has 2 aliphatic rings. The molecule has 0 spiro atoms. The lowest BCUT2D eigenvalue weighted by Gasteiger charge is -2.30. The van der Waals surface area contributed by atoms with Gasteiger partial charge in [0.25, 0.3) is 0 Å². The van der Waals surface area contributed by atoms with E-state index in [1.54, 1.807) is 41.3 Å². The highest BCUT2D eigenvalue weighted by atomic mass is 19.1. The number of nitrogens with one attached hydrogen (secondary N) is 1. The number of hydrogen-bond acceptors (Lipinski definition) is 4. The zero-order valence-corrected chi connectivity index (χ0v) is 21.5. The largest absolute Gasteiger partial charge is 0.457 e. The molecule has 7 heteroatoms. The van der Waals surface area contributed by atoms with Crippen molar-refractivity contribution in [3.8, 4) is 11.5 Å². The molecule has 0 bridgehead atoms. The molecule has 38 heavy (non-hydrogen) atoms. The van der Waals surface area contributed by atoms with Crippen LogP contribution in [0.4, 0.5) is 10.1 Å². The van der Waals surface area contributed by atoms with Crippen molar-refractivity contribution in [1.82, 2.24) is 9.80 Å². The topological polar surface area (TPSA) is 61.9 Å². The third-order valence-electron chi connectivity index (χ3n) is 7.36. The molecule has 0 saturated carbocycles. The van der Waals surface area contributed by atoms with Crippen LogP contribution < -0.4 is 10.1 Å². The standard InChI is InChI=1S/C31H34FN3O3/c32-25-9-13-27(14-10-25)38-28-15-11-26(12-16-28)33-31(37)29-20-24(19-23-7-3-1-4-8-23)21-35(29)30(36)22-34-17-5-2-6-18-34/h1,3-4,7-16,24,29H,2,5-6,17-22H2,(H,33,37)/t24-,29+/m1/s1. The average molecular weight is 516 g/mol. The second-order valence-corrected chi connectivity index (χ2v) is 10.3. The fraction of sp³-hybridized carbons (Fsp3) is 0.355. The van der Waals surface area contributed by atoms with Gasteiger partial charge in [-0.05, 0) is 98.8 Å². The van der Waals surface area contributed by atoms with Crippen LogP contribution >= 0.6 is 0 Å². The van der Waals surface area contributed by atoms with Crippen LogP contribution in [-0.2, 0) is 16.0 Å². The lowest BCUT2D eigenvalue weighted by atomic mass is 9.96. The Balaban J connectivity index is 1.24. The highest BCUT2D eigenvalue weighted by Crippen LogP contribution is 2.29. The van der Waals surface area contributed by atoms with Gasteiger partial charge in [0.2, 0.25) is 11.8 Å². The van der Waals surface area contributed by atoms with Gasteiger partial charge >= 0.3 is 0 Å². The van der Waals surface area contributed by atoms with E-state index in [9.17, 15) is 14.0 Å². The Labute approximate surface area is 223 Å². The van der Waals surface area contributed by atoms with Crippen molar-refractivity contribution in [1.29, 1.82) is 0 Å². The molecule has 2 saturated heterocycles. The molecule has 2 fully saturated rings. The molecule has 0 aromatic heterocycles. The number of carbonyl (C=O) groups excluding carboxylic acids is 2. The highest BCUT2D eigenvalue weighted by molar-refractivity contribution is 5.97. The molecule has 3 aromatic rings. The number of likely N-dealkylation sites (tertiary alicyclic amines) is 2. The predicted octanol–water partition coefficient (Wildman–Crippen LogP) is 5.50. The second kappa shape index (κ2) is 12.2. The number of nitrogens with zero attached hydrogens (tertiary/aromatic N) is 2. The number of amides is 2. The Hall–Kier alpha value is -3.71. The van der Waals surface area contributed by atoms with Crippen LogP contribution in [0, 0.1) is 11.7 Å². The van der Waals surface area contributed by atoms with E-state index in [4.69, 9.17) is 4.74 Å². The van der Waals surface area contributed by atoms with Gasteiger partial charge in [0.15, 0.2) is 0 Å². The number of halogens is 1. The van der Waals surface area contributed by atoms with Crippen molar-refractivity contribution in [2.24, 2.45) is 5.92 Å². The van der Waals surface area contributed by atoms with Gasteiger partial charge in [-0.15, -0.1) is 0 Å². The van der Waals surface area contributed by atoms with Gasteiger partial charge in [-0.25, -0.2) is 4.39 Å². The lowest BCUT2D eigenvalue weighted by molar-refractivity contribution is -0.137. The molecule has 0 unspecified atom stereocenters. The van der Waals surface area contributed by atoms with Crippen LogP contribution in [0.5, 0.6) is 11.5 Å². The van der Waals surface area contributed by atoms with Gasteiger partial charge in [-0.2, -0.15) is 0 Å². The minimum absolute atomic E-state index is 0.0330. The Bertz CT molecular complexity index is 1210. The first-order valence-corrected chi connectivity index (χ1v) is 13.4. The van der Waals surface area contributed by atoms with Gasteiger partial charge < -0.3 is 15.0 Å². The monoisotopic (exact) mass is 515 g/mol. The maximum Gasteiger partial charge on any atom is 0.247 e. The maximum atomic E-state index is 13.4. The van der Waals surface area contributed by atoms with E-state index >= 15 is 0 Å². The first-order valence-electron chi connectivity index (χ1n) is 13.4. The quantitative estimate of drug-likeness (QED) is 0.430. The number of anilines is 1. The van der Waals surface area contributed by atoms with Crippen molar-refractivity contribution >= 4 is 17.5 Å². The SMILES string of the molecule is O=C(Nc1ccc(Oc2ccc(F)cc2)cc1)[C@@H]1C[C@@H](Cc2ccccc2)CN1C(=O)CN1CCCCC1. The molecular formula is C31H34FN3O3. The van der Waals surface area contributed by atoms with Crippen molar-refractivity contribution in [3.05, 3.63) is 90.2 Å². The van der Waals surface area contributed by atoms with Crippen LogP contribution in [0.3, 0.4) is 0 Å². The Kier molecular flexibility index (Phi) is 8.34. The van der Waals surface area contributed by atoms with E-state index in [0.717, 1.165) is 32.4 Å². The van der Waals surface area contributed by atoms with Gasteiger partial charge in [0.05, 0.1) is 6.54 Å². The van der Waals surface area contributed by atoms with Gasteiger partial charge in [0.1, 0.15) is 23.4 Å². The van der Waals surface area contributed by atoms with Crippen LogP contribution in [0.25, 0.3) is 0 Å². The first-order chi connectivity index (χ1) is 18.5. The Morgan fingerprint density at radius 1 is 0.868 bits per heavy atom. The summed E-state index contributed by atoms with van der Waals surface area (Å²) in [6.07, 6.45) is 4.93. The van der Waals surface area contributed by atoms with Crippen molar-refractivity contribution in [3.63, 3.8) is 0 Å². The summed E-state index contributed by atoms with van der Waals surface area (Å²) in [6.45, 7) is 2.84. The van der Waals surface area contributed by atoms with Crippen molar-refractivity contribution < 1.29 is 18.7 Å². The smallest absolute Gasteiger partial charge is 0.247 e. The number of piperidine rings is 1. The molecule has 0 aliphatic carbocycles. The zero-order valence-electron chi connectivity index (χ0n) is 21.5. The zero-order chi connectivity index (χ0) is 26.3. The minimum Gasteiger partial charge on any atom is -0.457 e. The summed E-state index contributed by atoms with van der Waals surface area (Å²) in [6, 6.07) is 22.6. The van der Waals surface area contributed by atoms with Crippen molar-refractivity contribution in [2.75, 3.05) is 31.5 Å². The van der Waals surface area contributed by atoms with E-state index < -0.39 is 6.04 Å². The molecule has 2 atom stereocenters. The third-order valence-corrected chi connectivity index (χ3v) is 7.36. The number of benzene rings is 3. The lowest BCUT2D eigenvalue weighted by Crippen LogP contribution is -2.48. The second-order valence-electron chi connectivity index (χ2n) is 10.3. The molecule has 3 aromatic carbocycles. The molecule has 0 radical (unpaired) electrons. The van der Waals surface area contributed by atoms with Crippen LogP contribution in [0.15, 0.2) is 78.9 Å². The van der Waals surface area contributed by atoms with Crippen LogP contribution in [0.2, 0.25) is 0 Å². The van der Waals surface area contributed by atoms with E-state index in [1.165, 1.54) is 24.1 Å². The molecule has 5 rings (SSSR count). The van der Waals surface area contributed by atoms with E-state index in [1.807, 2.05) is 18.2 Å². The number of rotatable bonds is 8. The molecule has 2 heterocycles. The summed E-state index contributed by atoms with van der Waals surface area (Å²) in [5.74, 6) is 0.880. The van der Waals surface area contributed by atoms with Gasteiger partial charge in [-0.1, -0.05) is 36.8 Å². The van der Waals surface area contributed by atoms with Gasteiger partial charge in [0, 0.05) is 12.2 Å². The van der Waals surface area contributed by atoms with Crippen LogP contribution in [-0.4, -0.2) is 53.8 Å². The normalized spacial score (nSPS) is 19.8. The summed E-state index contributed by atoms with van der Waals surface area (Å²) in [4.78, 5) is 30.8. The van der Waals surface area contributed by atoms with E-state index in [0.29, 0.717) is 36.7 Å². The average Bonchev–Trinajstić information content (AvgIpc) is 3.36. The highest BCUT2D eigenvalue weighted by Gasteiger charge is 2.39. The molecule has 2 amide bonds. The summed E-state index contributed by atoms with van der Waals surface area (Å²) in [7, 11) is 0. The Morgan fingerprint density at radius 3 is 2.21 bits per heavy atom. The molecular weight excluding hydrogens is 481 g/mol. The summed E-state index contributed by atoms with van der Waals surface area (Å²) in [5.41, 5.74) is 1.86. The Morgan fingerprint density at radius 2 is 1.53 bits per heavy atom. The molecule has 2 aliphatic heterocycles. The van der Waals surface area contributed by atoms with E-state index in [-0.39, 0.29) is 23.5 Å². The fourth-order valence-electron chi connectivity index (χ4n) is 5.41. The predicted molar refractivity (Wildman–Crippen MR) is 146 cm³/mol. The summed E-state index contributed by atoms with van der Waals surface area (Å²) in [5, 5.41) is 3.00. The molecule has 6 nitrogen and oxygen atoms in total. The fourth-order valence-corrected chi connectivity index (χ4v) is 5.41. The third kappa shape index (κ3) is 6.78. The van der Waals surface area contributed by atoms with Crippen molar-refractivity contribution in [2.45, 2.75) is 38.1 Å². The number of carbonyl (C=O) groups is 2. The van der Waals surface area contributed by atoms with Gasteiger partial charge in [-0.3, -0.25) is 14.5 Å². The van der Waals surface area contributed by atoms with Crippen LogP contribution in [0.1, 0.15) is 31.2 Å². The maximum absolute atomic E-state index is 13.4. The summed E-state index contributed by atoms with van der Waals surface area (Å²) < 4.78 is 18.9.